The number of benzene rings is 2. The minimum Gasteiger partial charge on any atom is -0.420 e. The number of nitro benzene ring substituents is 1. The first-order chi connectivity index (χ1) is 12.6. The fourth-order valence-electron chi connectivity index (χ4n) is 2.53. The average molecular weight is 367 g/mol. The number of nitrogens with zero attached hydrogens (tertiary/aromatic N) is 5. The first kappa shape index (κ1) is 16.3. The molecular formula is C17H13N5O3S. The van der Waals surface area contributed by atoms with Gasteiger partial charge in [0.15, 0.2) is 5.16 Å². The Bertz CT molecular complexity index is 1090. The molecule has 26 heavy (non-hydrogen) atoms. The average Bonchev–Trinajstić information content (AvgIpc) is 3.25. The zero-order chi connectivity index (χ0) is 18.1. The SMILES string of the molecule is Cn1c(SCc2nnc(-c3ccc([N+](=O)[O-])cc3)o2)nc2ccccc21. The van der Waals surface area contributed by atoms with Gasteiger partial charge in [-0.2, -0.15) is 0 Å². The molecule has 0 aliphatic carbocycles. The van der Waals surface area contributed by atoms with Gasteiger partial charge in [-0.1, -0.05) is 23.9 Å². The molecule has 0 aliphatic rings. The number of aromatic nitrogens is 4. The van der Waals surface area contributed by atoms with E-state index in [0.717, 1.165) is 16.2 Å². The van der Waals surface area contributed by atoms with Crippen LogP contribution in [0.4, 0.5) is 5.69 Å². The van der Waals surface area contributed by atoms with Crippen molar-refractivity contribution in [2.45, 2.75) is 10.9 Å². The lowest BCUT2D eigenvalue weighted by molar-refractivity contribution is -0.384. The lowest BCUT2D eigenvalue weighted by Gasteiger charge is -1.99. The van der Waals surface area contributed by atoms with Crippen molar-refractivity contribution in [3.8, 4) is 11.5 Å². The Morgan fingerprint density at radius 3 is 2.65 bits per heavy atom. The molecule has 2 aromatic carbocycles. The number of para-hydroxylation sites is 2. The maximum absolute atomic E-state index is 10.7. The molecule has 0 saturated heterocycles. The summed E-state index contributed by atoms with van der Waals surface area (Å²) in [6.45, 7) is 0. The number of fused-ring (bicyclic) bond motifs is 1. The highest BCUT2D eigenvalue weighted by molar-refractivity contribution is 7.98. The highest BCUT2D eigenvalue weighted by Crippen LogP contribution is 2.27. The second-order valence-corrected chi connectivity index (χ2v) is 6.48. The summed E-state index contributed by atoms with van der Waals surface area (Å²) in [5, 5.41) is 19.6. The van der Waals surface area contributed by atoms with Crippen LogP contribution in [0.15, 0.2) is 58.1 Å². The van der Waals surface area contributed by atoms with E-state index in [4.69, 9.17) is 4.42 Å². The molecule has 0 saturated carbocycles. The third-order valence-corrected chi connectivity index (χ3v) is 4.88. The van der Waals surface area contributed by atoms with Crippen molar-refractivity contribution in [2.75, 3.05) is 0 Å². The van der Waals surface area contributed by atoms with Crippen molar-refractivity contribution in [3.05, 3.63) is 64.5 Å². The van der Waals surface area contributed by atoms with Crippen molar-refractivity contribution < 1.29 is 9.34 Å². The van der Waals surface area contributed by atoms with Gasteiger partial charge in [-0.05, 0) is 24.3 Å². The topological polar surface area (TPSA) is 99.9 Å². The molecule has 0 unspecified atom stereocenters. The van der Waals surface area contributed by atoms with E-state index >= 15 is 0 Å². The zero-order valence-corrected chi connectivity index (χ0v) is 14.5. The van der Waals surface area contributed by atoms with Crippen LogP contribution < -0.4 is 0 Å². The van der Waals surface area contributed by atoms with Gasteiger partial charge in [0.1, 0.15) is 0 Å². The quantitative estimate of drug-likeness (QED) is 0.300. The molecule has 0 N–H and O–H groups in total. The van der Waals surface area contributed by atoms with Gasteiger partial charge in [-0.3, -0.25) is 10.1 Å². The molecule has 2 heterocycles. The summed E-state index contributed by atoms with van der Waals surface area (Å²) >= 11 is 1.51. The smallest absolute Gasteiger partial charge is 0.269 e. The number of nitro groups is 1. The van der Waals surface area contributed by atoms with E-state index < -0.39 is 4.92 Å². The molecule has 0 amide bonds. The predicted molar refractivity (Wildman–Crippen MR) is 96.7 cm³/mol. The van der Waals surface area contributed by atoms with Gasteiger partial charge in [0.2, 0.25) is 11.8 Å². The third-order valence-electron chi connectivity index (χ3n) is 3.86. The highest BCUT2D eigenvalue weighted by atomic mass is 32.2. The number of rotatable bonds is 5. The molecule has 4 aromatic rings. The molecule has 0 atom stereocenters. The van der Waals surface area contributed by atoms with Crippen molar-refractivity contribution >= 4 is 28.5 Å². The largest absolute Gasteiger partial charge is 0.420 e. The molecular weight excluding hydrogens is 354 g/mol. The standard InChI is InChI=1S/C17H13N5O3S/c1-21-14-5-3-2-4-13(14)18-17(21)26-10-15-19-20-16(25-15)11-6-8-12(9-7-11)22(23)24/h2-9H,10H2,1H3. The molecule has 9 heteroatoms. The number of hydrogen-bond donors (Lipinski definition) is 0. The summed E-state index contributed by atoms with van der Waals surface area (Å²) in [6.07, 6.45) is 0. The monoisotopic (exact) mass is 367 g/mol. The fourth-order valence-corrected chi connectivity index (χ4v) is 3.36. The van der Waals surface area contributed by atoms with E-state index in [1.54, 1.807) is 12.1 Å². The second-order valence-electron chi connectivity index (χ2n) is 5.54. The van der Waals surface area contributed by atoms with E-state index in [2.05, 4.69) is 15.2 Å². The minimum atomic E-state index is -0.448. The van der Waals surface area contributed by atoms with Crippen molar-refractivity contribution in [1.29, 1.82) is 0 Å². The van der Waals surface area contributed by atoms with Crippen molar-refractivity contribution in [3.63, 3.8) is 0 Å². The summed E-state index contributed by atoms with van der Waals surface area (Å²) in [5.41, 5.74) is 2.66. The predicted octanol–water partition coefficient (Wildman–Crippen LogP) is 3.82. The van der Waals surface area contributed by atoms with E-state index in [-0.39, 0.29) is 5.69 Å². The summed E-state index contributed by atoms with van der Waals surface area (Å²) in [5.74, 6) is 1.29. The zero-order valence-electron chi connectivity index (χ0n) is 13.7. The van der Waals surface area contributed by atoms with Crippen molar-refractivity contribution in [2.24, 2.45) is 7.05 Å². The number of non-ortho nitro benzene ring substituents is 1. The summed E-state index contributed by atoms with van der Waals surface area (Å²) in [4.78, 5) is 14.9. The van der Waals surface area contributed by atoms with Crippen LogP contribution in [0.5, 0.6) is 0 Å². The van der Waals surface area contributed by atoms with Gasteiger partial charge in [-0.15, -0.1) is 10.2 Å². The molecule has 0 spiro atoms. The van der Waals surface area contributed by atoms with E-state index in [1.165, 1.54) is 23.9 Å². The maximum atomic E-state index is 10.7. The molecule has 0 aliphatic heterocycles. The van der Waals surface area contributed by atoms with Gasteiger partial charge in [-0.25, -0.2) is 4.98 Å². The Morgan fingerprint density at radius 1 is 1.15 bits per heavy atom. The summed E-state index contributed by atoms with van der Waals surface area (Å²) in [6, 6.07) is 13.9. The molecule has 0 fully saturated rings. The van der Waals surface area contributed by atoms with Gasteiger partial charge in [0, 0.05) is 24.7 Å². The van der Waals surface area contributed by atoms with Crippen LogP contribution in [0.1, 0.15) is 5.89 Å². The molecule has 4 rings (SSSR count). The lowest BCUT2D eigenvalue weighted by atomic mass is 10.2. The van der Waals surface area contributed by atoms with E-state index in [1.807, 2.05) is 35.9 Å². The Balaban J connectivity index is 1.49. The Morgan fingerprint density at radius 2 is 1.92 bits per heavy atom. The molecule has 8 nitrogen and oxygen atoms in total. The molecule has 0 bridgehead atoms. The van der Waals surface area contributed by atoms with Crippen LogP contribution >= 0.6 is 11.8 Å². The van der Waals surface area contributed by atoms with Crippen molar-refractivity contribution in [1.82, 2.24) is 19.7 Å². The summed E-state index contributed by atoms with van der Waals surface area (Å²) < 4.78 is 7.68. The van der Waals surface area contributed by atoms with Crippen LogP contribution in [0.25, 0.3) is 22.5 Å². The minimum absolute atomic E-state index is 0.0193. The van der Waals surface area contributed by atoms with Gasteiger partial charge in [0.05, 0.1) is 21.7 Å². The van der Waals surface area contributed by atoms with Gasteiger partial charge >= 0.3 is 0 Å². The second kappa shape index (κ2) is 6.60. The van der Waals surface area contributed by atoms with E-state index in [0.29, 0.717) is 23.1 Å². The molecule has 2 aromatic heterocycles. The molecule has 130 valence electrons. The van der Waals surface area contributed by atoms with Gasteiger partial charge < -0.3 is 8.98 Å². The highest BCUT2D eigenvalue weighted by Gasteiger charge is 2.13. The Hall–Kier alpha value is -3.20. The Labute approximate surface area is 152 Å². The van der Waals surface area contributed by atoms with Gasteiger partial charge in [0.25, 0.3) is 5.69 Å². The van der Waals surface area contributed by atoms with Crippen LogP contribution in [0.3, 0.4) is 0 Å². The van der Waals surface area contributed by atoms with Crippen LogP contribution in [-0.2, 0) is 12.8 Å². The first-order valence-electron chi connectivity index (χ1n) is 7.73. The number of aryl methyl sites for hydroxylation is 1. The molecule has 0 radical (unpaired) electrons. The number of thioether (sulfide) groups is 1. The van der Waals surface area contributed by atoms with Crippen LogP contribution in [0.2, 0.25) is 0 Å². The first-order valence-corrected chi connectivity index (χ1v) is 8.72. The third kappa shape index (κ3) is 3.04. The normalized spacial score (nSPS) is 11.1. The summed E-state index contributed by atoms with van der Waals surface area (Å²) in [7, 11) is 1.97. The maximum Gasteiger partial charge on any atom is 0.269 e. The number of hydrogen-bond acceptors (Lipinski definition) is 7. The fraction of sp³-hybridized carbons (Fsp3) is 0.118. The van der Waals surface area contributed by atoms with E-state index in [9.17, 15) is 10.1 Å². The van der Waals surface area contributed by atoms with Crippen LogP contribution in [-0.4, -0.2) is 24.7 Å². The lowest BCUT2D eigenvalue weighted by Crippen LogP contribution is -1.91. The van der Waals surface area contributed by atoms with Crippen LogP contribution in [0, 0.1) is 10.1 Å². The Kier molecular flexibility index (Phi) is 4.13. The number of imidazole rings is 1.